The van der Waals surface area contributed by atoms with Crippen molar-refractivity contribution in [3.8, 4) is 56.7 Å². The van der Waals surface area contributed by atoms with Crippen LogP contribution in [0.15, 0.2) is 200 Å². The smallest absolute Gasteiger partial charge is 0.164 e. The molecule has 262 valence electrons. The summed E-state index contributed by atoms with van der Waals surface area (Å²) >= 11 is 0. The average molecular weight is 716 g/mol. The van der Waals surface area contributed by atoms with Crippen LogP contribution in [-0.4, -0.2) is 24.1 Å². The molecule has 3 aromatic heterocycles. The van der Waals surface area contributed by atoms with Crippen LogP contribution in [0.4, 0.5) is 0 Å². The van der Waals surface area contributed by atoms with Gasteiger partial charge in [0.25, 0.3) is 0 Å². The quantitative estimate of drug-likeness (QED) is 0.172. The second kappa shape index (κ2) is 13.0. The lowest BCUT2D eigenvalue weighted by Crippen LogP contribution is -2.00. The normalized spacial score (nSPS) is 11.6. The molecule has 0 atom stereocenters. The van der Waals surface area contributed by atoms with Crippen molar-refractivity contribution in [2.24, 2.45) is 0 Å². The van der Waals surface area contributed by atoms with Crippen LogP contribution in [0, 0.1) is 0 Å². The molecule has 0 saturated heterocycles. The fraction of sp³-hybridized carbons (Fsp3) is 0. The number of hydrogen-bond acceptors (Lipinski definition) is 3. The van der Waals surface area contributed by atoms with Crippen LogP contribution in [0.25, 0.3) is 100 Å². The zero-order chi connectivity index (χ0) is 37.0. The molecule has 0 radical (unpaired) electrons. The number of hydrogen-bond donors (Lipinski definition) is 0. The van der Waals surface area contributed by atoms with Gasteiger partial charge in [0.15, 0.2) is 17.5 Å². The van der Waals surface area contributed by atoms with Gasteiger partial charge in [-0.3, -0.25) is 0 Å². The highest BCUT2D eigenvalue weighted by Crippen LogP contribution is 2.42. The number of aromatic nitrogens is 5. The second-order valence-corrected chi connectivity index (χ2v) is 14.1. The molecule has 5 nitrogen and oxygen atoms in total. The standard InChI is InChI=1S/C51H33N5/c1-5-16-34(17-6-1)49-52-50(35-18-7-2-8-19-35)54-51(53-49)37-28-30-42-47(33-37)56(39-22-11-4-12-23-39)46-27-15-25-40(48(42)46)36-29-31-45-43(32-36)41-24-13-14-26-44(41)55(45)38-20-9-3-10-21-38/h1-33H. The van der Waals surface area contributed by atoms with Crippen molar-refractivity contribution in [3.63, 3.8) is 0 Å². The van der Waals surface area contributed by atoms with Gasteiger partial charge in [0.1, 0.15) is 0 Å². The highest BCUT2D eigenvalue weighted by atomic mass is 15.0. The van der Waals surface area contributed by atoms with Gasteiger partial charge >= 0.3 is 0 Å². The second-order valence-electron chi connectivity index (χ2n) is 14.1. The van der Waals surface area contributed by atoms with E-state index >= 15 is 0 Å². The van der Waals surface area contributed by atoms with E-state index < -0.39 is 0 Å². The maximum Gasteiger partial charge on any atom is 0.164 e. The van der Waals surface area contributed by atoms with E-state index in [1.54, 1.807) is 0 Å². The Morgan fingerprint density at radius 2 is 0.786 bits per heavy atom. The molecule has 0 fully saturated rings. The summed E-state index contributed by atoms with van der Waals surface area (Å²) in [6.45, 7) is 0. The average Bonchev–Trinajstić information content (AvgIpc) is 3.80. The SMILES string of the molecule is c1ccc(-c2nc(-c3ccccc3)nc(-c3ccc4c5c(-c6ccc7c(c6)c6ccccc6n7-c6ccccc6)cccc5n(-c5ccccc5)c4c3)n2)cc1. The Morgan fingerprint density at radius 1 is 0.286 bits per heavy atom. The molecule has 0 unspecified atom stereocenters. The zero-order valence-electron chi connectivity index (χ0n) is 30.3. The summed E-state index contributed by atoms with van der Waals surface area (Å²) in [6.07, 6.45) is 0. The lowest BCUT2D eigenvalue weighted by Gasteiger charge is -2.10. The first-order valence-corrected chi connectivity index (χ1v) is 18.9. The summed E-state index contributed by atoms with van der Waals surface area (Å²) < 4.78 is 4.74. The Hall–Kier alpha value is -7.63. The van der Waals surface area contributed by atoms with Crippen molar-refractivity contribution in [1.29, 1.82) is 0 Å². The lowest BCUT2D eigenvalue weighted by molar-refractivity contribution is 1.07. The number of benzene rings is 8. The third-order valence-electron chi connectivity index (χ3n) is 10.8. The first-order chi connectivity index (χ1) is 27.8. The summed E-state index contributed by atoms with van der Waals surface area (Å²) in [6, 6.07) is 70.4. The summed E-state index contributed by atoms with van der Waals surface area (Å²) in [7, 11) is 0. The molecule has 0 aliphatic rings. The first kappa shape index (κ1) is 31.9. The molecule has 0 saturated carbocycles. The van der Waals surface area contributed by atoms with Crippen molar-refractivity contribution in [1.82, 2.24) is 24.1 Å². The van der Waals surface area contributed by atoms with E-state index in [4.69, 9.17) is 15.0 Å². The van der Waals surface area contributed by atoms with Crippen LogP contribution in [0.1, 0.15) is 0 Å². The number of rotatable bonds is 6. The van der Waals surface area contributed by atoms with Gasteiger partial charge in [0.05, 0.1) is 22.1 Å². The highest BCUT2D eigenvalue weighted by Gasteiger charge is 2.20. The third-order valence-corrected chi connectivity index (χ3v) is 10.8. The molecular formula is C51H33N5. The highest BCUT2D eigenvalue weighted by molar-refractivity contribution is 6.18. The molecule has 0 N–H and O–H groups in total. The van der Waals surface area contributed by atoms with Crippen LogP contribution >= 0.6 is 0 Å². The van der Waals surface area contributed by atoms with Gasteiger partial charge in [-0.2, -0.15) is 0 Å². The van der Waals surface area contributed by atoms with E-state index in [-0.39, 0.29) is 0 Å². The minimum Gasteiger partial charge on any atom is -0.309 e. The molecule has 0 aliphatic heterocycles. The van der Waals surface area contributed by atoms with Crippen molar-refractivity contribution in [2.75, 3.05) is 0 Å². The van der Waals surface area contributed by atoms with Gasteiger partial charge in [-0.15, -0.1) is 0 Å². The van der Waals surface area contributed by atoms with Crippen LogP contribution in [0.2, 0.25) is 0 Å². The van der Waals surface area contributed by atoms with Crippen molar-refractivity contribution in [3.05, 3.63) is 200 Å². The Kier molecular flexibility index (Phi) is 7.42. The summed E-state index contributed by atoms with van der Waals surface area (Å²) in [5.74, 6) is 1.92. The maximum atomic E-state index is 5.07. The molecule has 0 aliphatic carbocycles. The third kappa shape index (κ3) is 5.21. The molecule has 11 rings (SSSR count). The lowest BCUT2D eigenvalue weighted by atomic mass is 9.97. The minimum atomic E-state index is 0.630. The van der Waals surface area contributed by atoms with Crippen LogP contribution in [0.3, 0.4) is 0 Å². The molecule has 8 aromatic carbocycles. The molecule has 5 heteroatoms. The predicted molar refractivity (Wildman–Crippen MR) is 230 cm³/mol. The van der Waals surface area contributed by atoms with Gasteiger partial charge in [-0.25, -0.2) is 15.0 Å². The van der Waals surface area contributed by atoms with E-state index in [0.29, 0.717) is 17.5 Å². The number of fused-ring (bicyclic) bond motifs is 6. The monoisotopic (exact) mass is 715 g/mol. The molecule has 3 heterocycles. The summed E-state index contributed by atoms with van der Waals surface area (Å²) in [5, 5.41) is 4.83. The molecular weight excluding hydrogens is 683 g/mol. The number of para-hydroxylation sites is 3. The molecule has 0 bridgehead atoms. The van der Waals surface area contributed by atoms with E-state index in [9.17, 15) is 0 Å². The summed E-state index contributed by atoms with van der Waals surface area (Å²) in [5.41, 5.74) is 12.0. The molecule has 0 spiro atoms. The van der Waals surface area contributed by atoms with Gasteiger partial charge in [0, 0.05) is 49.6 Å². The fourth-order valence-electron chi connectivity index (χ4n) is 8.24. The van der Waals surface area contributed by atoms with Gasteiger partial charge < -0.3 is 9.13 Å². The molecule has 11 aromatic rings. The van der Waals surface area contributed by atoms with Gasteiger partial charge in [0.2, 0.25) is 0 Å². The van der Waals surface area contributed by atoms with Gasteiger partial charge in [-0.05, 0) is 65.7 Å². The Labute approximate surface area is 323 Å². The Bertz CT molecular complexity index is 3160. The fourth-order valence-corrected chi connectivity index (χ4v) is 8.24. The van der Waals surface area contributed by atoms with E-state index in [1.165, 1.54) is 38.3 Å². The Morgan fingerprint density at radius 3 is 1.43 bits per heavy atom. The van der Waals surface area contributed by atoms with Crippen molar-refractivity contribution < 1.29 is 0 Å². The zero-order valence-corrected chi connectivity index (χ0v) is 30.3. The summed E-state index contributed by atoms with van der Waals surface area (Å²) in [4.78, 5) is 15.1. The van der Waals surface area contributed by atoms with Gasteiger partial charge in [-0.1, -0.05) is 146 Å². The van der Waals surface area contributed by atoms with E-state index in [1.807, 2.05) is 60.7 Å². The maximum absolute atomic E-state index is 5.07. The number of nitrogens with zero attached hydrogens (tertiary/aromatic N) is 5. The van der Waals surface area contributed by atoms with Crippen molar-refractivity contribution in [2.45, 2.75) is 0 Å². The van der Waals surface area contributed by atoms with Crippen LogP contribution in [-0.2, 0) is 0 Å². The topological polar surface area (TPSA) is 48.5 Å². The minimum absolute atomic E-state index is 0.630. The molecule has 56 heavy (non-hydrogen) atoms. The predicted octanol–water partition coefficient (Wildman–Crippen LogP) is 12.7. The van der Waals surface area contributed by atoms with Crippen LogP contribution in [0.5, 0.6) is 0 Å². The van der Waals surface area contributed by atoms with E-state index in [2.05, 4.69) is 149 Å². The van der Waals surface area contributed by atoms with Crippen molar-refractivity contribution >= 4 is 43.6 Å². The first-order valence-electron chi connectivity index (χ1n) is 18.9. The molecule has 0 amide bonds. The van der Waals surface area contributed by atoms with E-state index in [0.717, 1.165) is 44.5 Å². The van der Waals surface area contributed by atoms with Crippen LogP contribution < -0.4 is 0 Å². The Balaban J connectivity index is 1.14. The largest absolute Gasteiger partial charge is 0.309 e.